The zero-order valence-corrected chi connectivity index (χ0v) is 21.5. The first-order chi connectivity index (χ1) is 13.4. The minimum absolute atomic E-state index is 0. The Morgan fingerprint density at radius 1 is 1.14 bits per heavy atom. The zero-order chi connectivity index (χ0) is 20.6. The summed E-state index contributed by atoms with van der Waals surface area (Å²) in [5.74, 6) is 1.62. The maximum Gasteiger partial charge on any atom is 0.230 e. The Labute approximate surface area is 195 Å². The lowest BCUT2D eigenvalue weighted by Crippen LogP contribution is -2.48. The third-order valence-corrected chi connectivity index (χ3v) is 6.09. The summed E-state index contributed by atoms with van der Waals surface area (Å²) in [5.41, 5.74) is -0.308. The molecule has 0 bridgehead atoms. The number of carbonyl (C=O) groups excluding carboxylic acids is 1. The molecule has 29 heavy (non-hydrogen) atoms. The fraction of sp³-hybridized carbons (Fsp3) is 0.905. The average molecular weight is 523 g/mol. The Balaban J connectivity index is 0.00000420. The first-order valence-corrected chi connectivity index (χ1v) is 11.0. The molecule has 8 heteroatoms. The Hall–Kier alpha value is -0.610. The third kappa shape index (κ3) is 8.20. The number of nitrogens with zero attached hydrogens (tertiary/aromatic N) is 4. The second-order valence-corrected chi connectivity index (χ2v) is 8.97. The van der Waals surface area contributed by atoms with Crippen molar-refractivity contribution >= 4 is 35.8 Å². The highest BCUT2D eigenvalue weighted by Crippen LogP contribution is 2.39. The summed E-state index contributed by atoms with van der Waals surface area (Å²) in [4.78, 5) is 24.3. The summed E-state index contributed by atoms with van der Waals surface area (Å²) in [5, 5.41) is 6.86. The molecule has 0 spiro atoms. The summed E-state index contributed by atoms with van der Waals surface area (Å²) < 4.78 is 0. The van der Waals surface area contributed by atoms with E-state index in [1.807, 2.05) is 14.1 Å². The van der Waals surface area contributed by atoms with Crippen LogP contribution < -0.4 is 10.6 Å². The molecule has 1 heterocycles. The Bertz CT molecular complexity index is 513. The lowest BCUT2D eigenvalue weighted by atomic mass is 9.85. The van der Waals surface area contributed by atoms with E-state index >= 15 is 0 Å². The number of guanidine groups is 1. The topological polar surface area (TPSA) is 63.2 Å². The number of halogens is 1. The van der Waals surface area contributed by atoms with Crippen molar-refractivity contribution < 1.29 is 4.79 Å². The standard InChI is InChI=1S/C21H42N6O.HI/c1-6-22-20(23-15-18(2)16-27-13-11-26(5)12-14-27)24-17-21(9-7-8-10-21)19(28)25(3)4;/h18H,6-17H2,1-5H3,(H2,22,23,24);1H. The van der Waals surface area contributed by atoms with Crippen LogP contribution in [0.15, 0.2) is 4.99 Å². The van der Waals surface area contributed by atoms with Gasteiger partial charge in [0.2, 0.25) is 5.91 Å². The number of amides is 1. The normalized spacial score (nSPS) is 21.3. The number of hydrogen-bond acceptors (Lipinski definition) is 4. The van der Waals surface area contributed by atoms with Gasteiger partial charge in [0.15, 0.2) is 5.96 Å². The molecule has 0 radical (unpaired) electrons. The van der Waals surface area contributed by atoms with Gasteiger partial charge in [-0.2, -0.15) is 0 Å². The molecule has 7 nitrogen and oxygen atoms in total. The van der Waals surface area contributed by atoms with Crippen LogP contribution in [0.5, 0.6) is 0 Å². The van der Waals surface area contributed by atoms with E-state index in [0.29, 0.717) is 12.5 Å². The van der Waals surface area contributed by atoms with Crippen LogP contribution in [0.3, 0.4) is 0 Å². The maximum absolute atomic E-state index is 12.8. The molecule has 0 aromatic heterocycles. The van der Waals surface area contributed by atoms with Crippen LogP contribution in [0.4, 0.5) is 0 Å². The predicted molar refractivity (Wildman–Crippen MR) is 132 cm³/mol. The van der Waals surface area contributed by atoms with Crippen LogP contribution in [-0.2, 0) is 4.79 Å². The van der Waals surface area contributed by atoms with E-state index in [1.54, 1.807) is 4.90 Å². The number of piperazine rings is 1. The SMILES string of the molecule is CCNC(=NCC1(C(=O)N(C)C)CCCC1)NCC(C)CN1CCN(C)CC1.I. The largest absolute Gasteiger partial charge is 0.357 e. The maximum atomic E-state index is 12.8. The molecule has 0 aromatic carbocycles. The summed E-state index contributed by atoms with van der Waals surface area (Å²) in [6.45, 7) is 12.4. The van der Waals surface area contributed by atoms with E-state index in [1.165, 1.54) is 0 Å². The van der Waals surface area contributed by atoms with Crippen LogP contribution in [-0.4, -0.2) is 100 Å². The van der Waals surface area contributed by atoms with Gasteiger partial charge in [0.25, 0.3) is 0 Å². The van der Waals surface area contributed by atoms with Crippen molar-refractivity contribution in [3.05, 3.63) is 0 Å². The van der Waals surface area contributed by atoms with Crippen molar-refractivity contribution in [1.29, 1.82) is 0 Å². The monoisotopic (exact) mass is 522 g/mol. The Kier molecular flexibility index (Phi) is 11.8. The van der Waals surface area contributed by atoms with Gasteiger partial charge in [0, 0.05) is 59.9 Å². The Morgan fingerprint density at radius 3 is 2.31 bits per heavy atom. The third-order valence-electron chi connectivity index (χ3n) is 6.09. The smallest absolute Gasteiger partial charge is 0.230 e. The molecule has 2 aliphatic rings. The van der Waals surface area contributed by atoms with Gasteiger partial charge < -0.3 is 25.3 Å². The number of nitrogens with one attached hydrogen (secondary N) is 2. The van der Waals surface area contributed by atoms with Crippen LogP contribution in [0.25, 0.3) is 0 Å². The van der Waals surface area contributed by atoms with Crippen molar-refractivity contribution in [3.63, 3.8) is 0 Å². The summed E-state index contributed by atoms with van der Waals surface area (Å²) >= 11 is 0. The fourth-order valence-electron chi connectivity index (χ4n) is 4.34. The molecule has 1 amide bonds. The predicted octanol–water partition coefficient (Wildman–Crippen LogP) is 1.69. The van der Waals surface area contributed by atoms with Crippen molar-refractivity contribution in [1.82, 2.24) is 25.3 Å². The fourth-order valence-corrected chi connectivity index (χ4v) is 4.34. The first-order valence-electron chi connectivity index (χ1n) is 11.0. The number of likely N-dealkylation sites (N-methyl/N-ethyl adjacent to an activating group) is 1. The van der Waals surface area contributed by atoms with Crippen LogP contribution in [0.1, 0.15) is 39.5 Å². The molecule has 2 fully saturated rings. The minimum Gasteiger partial charge on any atom is -0.357 e. The second kappa shape index (κ2) is 12.9. The average Bonchev–Trinajstić information content (AvgIpc) is 3.15. The van der Waals surface area contributed by atoms with E-state index < -0.39 is 0 Å². The van der Waals surface area contributed by atoms with E-state index in [4.69, 9.17) is 4.99 Å². The molecule has 1 atom stereocenters. The number of carbonyl (C=O) groups is 1. The lowest BCUT2D eigenvalue weighted by Gasteiger charge is -2.34. The van der Waals surface area contributed by atoms with Gasteiger partial charge in [-0.3, -0.25) is 9.79 Å². The van der Waals surface area contributed by atoms with Gasteiger partial charge in [-0.05, 0) is 32.7 Å². The van der Waals surface area contributed by atoms with Crippen molar-refractivity contribution in [3.8, 4) is 0 Å². The molecule has 170 valence electrons. The highest BCUT2D eigenvalue weighted by molar-refractivity contribution is 14.0. The summed E-state index contributed by atoms with van der Waals surface area (Å²) in [7, 11) is 5.91. The molecular formula is C21H43IN6O. The highest BCUT2D eigenvalue weighted by atomic mass is 127. The van der Waals surface area contributed by atoms with Crippen LogP contribution in [0.2, 0.25) is 0 Å². The first kappa shape index (κ1) is 26.4. The minimum atomic E-state index is -0.308. The molecule has 1 unspecified atom stereocenters. The number of rotatable bonds is 8. The highest BCUT2D eigenvalue weighted by Gasteiger charge is 2.42. The van der Waals surface area contributed by atoms with Crippen molar-refractivity contribution in [2.24, 2.45) is 16.3 Å². The molecule has 2 rings (SSSR count). The van der Waals surface area contributed by atoms with Gasteiger partial charge >= 0.3 is 0 Å². The second-order valence-electron chi connectivity index (χ2n) is 8.97. The molecule has 2 N–H and O–H groups in total. The lowest BCUT2D eigenvalue weighted by molar-refractivity contribution is -0.138. The van der Waals surface area contributed by atoms with Gasteiger partial charge in [-0.25, -0.2) is 0 Å². The van der Waals surface area contributed by atoms with E-state index in [9.17, 15) is 4.79 Å². The molecule has 1 aliphatic heterocycles. The number of aliphatic imine (C=N–C) groups is 1. The summed E-state index contributed by atoms with van der Waals surface area (Å²) in [6.07, 6.45) is 4.15. The molecule has 1 aliphatic carbocycles. The molecular weight excluding hydrogens is 479 g/mol. The van der Waals surface area contributed by atoms with Crippen LogP contribution in [0, 0.1) is 11.3 Å². The number of hydrogen-bond donors (Lipinski definition) is 2. The molecule has 1 saturated heterocycles. The van der Waals surface area contributed by atoms with Gasteiger partial charge in [-0.15, -0.1) is 24.0 Å². The van der Waals surface area contributed by atoms with E-state index in [0.717, 1.165) is 77.5 Å². The van der Waals surface area contributed by atoms with Gasteiger partial charge in [-0.1, -0.05) is 19.8 Å². The molecule has 0 aromatic rings. The zero-order valence-electron chi connectivity index (χ0n) is 19.2. The van der Waals surface area contributed by atoms with Gasteiger partial charge in [0.05, 0.1) is 12.0 Å². The molecule has 1 saturated carbocycles. The van der Waals surface area contributed by atoms with Crippen LogP contribution >= 0.6 is 24.0 Å². The van der Waals surface area contributed by atoms with E-state index in [2.05, 4.69) is 41.3 Å². The van der Waals surface area contributed by atoms with Crippen molar-refractivity contribution in [2.75, 3.05) is 73.5 Å². The Morgan fingerprint density at radius 2 is 1.76 bits per heavy atom. The quantitative estimate of drug-likeness (QED) is 0.289. The summed E-state index contributed by atoms with van der Waals surface area (Å²) in [6, 6.07) is 0. The van der Waals surface area contributed by atoms with E-state index in [-0.39, 0.29) is 35.3 Å². The van der Waals surface area contributed by atoms with Crippen molar-refractivity contribution in [2.45, 2.75) is 39.5 Å². The van der Waals surface area contributed by atoms with Gasteiger partial charge in [0.1, 0.15) is 0 Å².